The summed E-state index contributed by atoms with van der Waals surface area (Å²) in [5, 5.41) is 17.4. The SMILES string of the molecule is CCCCCC/C=C(/CCCCCC/C=C\CCCCCCCC(=O)O)CCCCCCCC(=O)O. The Hall–Kier alpha value is -1.58. The molecule has 0 aromatic rings. The van der Waals surface area contributed by atoms with Crippen molar-refractivity contribution in [2.45, 2.75) is 167 Å². The number of hydrogen-bond donors (Lipinski definition) is 2. The Morgan fingerprint density at radius 3 is 1.28 bits per heavy atom. The highest BCUT2D eigenvalue weighted by Gasteiger charge is 2.01. The predicted octanol–water partition coefficient (Wildman–Crippen LogP) is 10.4. The van der Waals surface area contributed by atoms with Gasteiger partial charge in [-0.25, -0.2) is 0 Å². The van der Waals surface area contributed by atoms with Gasteiger partial charge in [-0.1, -0.05) is 101 Å². The smallest absolute Gasteiger partial charge is 0.303 e. The molecule has 0 aliphatic rings. The van der Waals surface area contributed by atoms with Crippen LogP contribution in [0.15, 0.2) is 23.8 Å². The Kier molecular flexibility index (Phi) is 26.8. The number of carboxylic acid groups (broad SMARTS) is 2. The van der Waals surface area contributed by atoms with E-state index in [0.29, 0.717) is 12.8 Å². The Labute approximate surface area is 223 Å². The van der Waals surface area contributed by atoms with Crippen LogP contribution in [0.3, 0.4) is 0 Å². The molecule has 0 unspecified atom stereocenters. The maximum absolute atomic E-state index is 10.6. The van der Waals surface area contributed by atoms with Crippen LogP contribution in [0.2, 0.25) is 0 Å². The third-order valence-corrected chi connectivity index (χ3v) is 6.93. The summed E-state index contributed by atoms with van der Waals surface area (Å²) in [5.74, 6) is -1.34. The lowest BCUT2D eigenvalue weighted by Crippen LogP contribution is -1.93. The number of carbonyl (C=O) groups is 2. The molecule has 0 aliphatic carbocycles. The molecule has 0 aromatic heterocycles. The second-order valence-corrected chi connectivity index (χ2v) is 10.5. The van der Waals surface area contributed by atoms with Gasteiger partial charge >= 0.3 is 11.9 Å². The van der Waals surface area contributed by atoms with E-state index in [1.165, 1.54) is 103 Å². The van der Waals surface area contributed by atoms with Crippen LogP contribution >= 0.6 is 0 Å². The molecule has 4 nitrogen and oxygen atoms in total. The van der Waals surface area contributed by atoms with Gasteiger partial charge in [0, 0.05) is 12.8 Å². The molecule has 0 aliphatic heterocycles. The van der Waals surface area contributed by atoms with Crippen molar-refractivity contribution in [1.29, 1.82) is 0 Å². The number of allylic oxidation sites excluding steroid dienone is 4. The number of rotatable bonds is 28. The van der Waals surface area contributed by atoms with Gasteiger partial charge in [0.1, 0.15) is 0 Å². The molecule has 0 atom stereocenters. The van der Waals surface area contributed by atoms with Gasteiger partial charge < -0.3 is 10.2 Å². The first kappa shape index (κ1) is 34.4. The second kappa shape index (κ2) is 28.0. The Morgan fingerprint density at radius 2 is 0.833 bits per heavy atom. The van der Waals surface area contributed by atoms with E-state index in [4.69, 9.17) is 10.2 Å². The van der Waals surface area contributed by atoms with Crippen molar-refractivity contribution >= 4 is 11.9 Å². The van der Waals surface area contributed by atoms with Gasteiger partial charge in [0.25, 0.3) is 0 Å². The zero-order chi connectivity index (χ0) is 26.5. The van der Waals surface area contributed by atoms with E-state index < -0.39 is 11.9 Å². The number of carboxylic acids is 2. The van der Waals surface area contributed by atoms with Gasteiger partial charge in [-0.3, -0.25) is 9.59 Å². The highest BCUT2D eigenvalue weighted by atomic mass is 16.4. The minimum absolute atomic E-state index is 0.314. The molecular weight excluding hydrogens is 448 g/mol. The molecule has 0 bridgehead atoms. The molecule has 0 spiro atoms. The largest absolute Gasteiger partial charge is 0.481 e. The van der Waals surface area contributed by atoms with Crippen LogP contribution in [0.1, 0.15) is 167 Å². The topological polar surface area (TPSA) is 74.6 Å². The van der Waals surface area contributed by atoms with Crippen LogP contribution in [0, 0.1) is 0 Å². The van der Waals surface area contributed by atoms with Crippen molar-refractivity contribution in [1.82, 2.24) is 0 Å². The van der Waals surface area contributed by atoms with E-state index in [9.17, 15) is 9.59 Å². The van der Waals surface area contributed by atoms with Gasteiger partial charge in [0.2, 0.25) is 0 Å². The minimum Gasteiger partial charge on any atom is -0.481 e. The monoisotopic (exact) mass is 506 g/mol. The van der Waals surface area contributed by atoms with Crippen LogP contribution in [0.5, 0.6) is 0 Å². The van der Waals surface area contributed by atoms with E-state index in [1.54, 1.807) is 5.57 Å². The normalized spacial score (nSPS) is 12.0. The van der Waals surface area contributed by atoms with Crippen LogP contribution < -0.4 is 0 Å². The molecule has 0 radical (unpaired) electrons. The van der Waals surface area contributed by atoms with E-state index in [2.05, 4.69) is 25.2 Å². The zero-order valence-electron chi connectivity index (χ0n) is 23.6. The first-order valence-electron chi connectivity index (χ1n) is 15.3. The average Bonchev–Trinajstić information content (AvgIpc) is 2.84. The second-order valence-electron chi connectivity index (χ2n) is 10.5. The van der Waals surface area contributed by atoms with Gasteiger partial charge in [0.15, 0.2) is 0 Å². The van der Waals surface area contributed by atoms with Crippen molar-refractivity contribution < 1.29 is 19.8 Å². The highest BCUT2D eigenvalue weighted by Crippen LogP contribution is 2.20. The molecule has 0 aromatic carbocycles. The number of hydrogen-bond acceptors (Lipinski definition) is 2. The Balaban J connectivity index is 3.83. The molecule has 0 fully saturated rings. The molecule has 2 N–H and O–H groups in total. The van der Waals surface area contributed by atoms with E-state index >= 15 is 0 Å². The van der Waals surface area contributed by atoms with Gasteiger partial charge in [-0.2, -0.15) is 0 Å². The van der Waals surface area contributed by atoms with Gasteiger partial charge in [-0.15, -0.1) is 0 Å². The molecule has 4 heteroatoms. The Morgan fingerprint density at radius 1 is 0.472 bits per heavy atom. The fraction of sp³-hybridized carbons (Fsp3) is 0.812. The van der Waals surface area contributed by atoms with Gasteiger partial charge in [-0.05, 0) is 77.0 Å². The number of aliphatic carboxylic acids is 2. The molecule has 0 saturated heterocycles. The van der Waals surface area contributed by atoms with Crippen molar-refractivity contribution in [3.8, 4) is 0 Å². The van der Waals surface area contributed by atoms with E-state index in [1.807, 2.05) is 0 Å². The number of unbranched alkanes of at least 4 members (excludes halogenated alkanes) is 17. The molecule has 36 heavy (non-hydrogen) atoms. The summed E-state index contributed by atoms with van der Waals surface area (Å²) in [6, 6.07) is 0. The fourth-order valence-electron chi connectivity index (χ4n) is 4.64. The summed E-state index contributed by atoms with van der Waals surface area (Å²) in [5.41, 5.74) is 1.67. The average molecular weight is 507 g/mol. The lowest BCUT2D eigenvalue weighted by molar-refractivity contribution is -0.138. The van der Waals surface area contributed by atoms with Crippen LogP contribution in [0.4, 0.5) is 0 Å². The summed E-state index contributed by atoms with van der Waals surface area (Å²) in [7, 11) is 0. The third kappa shape index (κ3) is 28.7. The molecule has 0 rings (SSSR count). The minimum atomic E-state index is -0.675. The lowest BCUT2D eigenvalue weighted by Gasteiger charge is -2.09. The van der Waals surface area contributed by atoms with Crippen molar-refractivity contribution in [2.24, 2.45) is 0 Å². The first-order valence-corrected chi connectivity index (χ1v) is 15.3. The van der Waals surface area contributed by atoms with E-state index in [-0.39, 0.29) is 0 Å². The molecule has 0 amide bonds. The van der Waals surface area contributed by atoms with Crippen LogP contribution in [-0.4, -0.2) is 22.2 Å². The van der Waals surface area contributed by atoms with Crippen molar-refractivity contribution in [2.75, 3.05) is 0 Å². The first-order chi connectivity index (χ1) is 17.6. The summed E-state index contributed by atoms with van der Waals surface area (Å²) >= 11 is 0. The third-order valence-electron chi connectivity index (χ3n) is 6.93. The molecule has 0 saturated carbocycles. The van der Waals surface area contributed by atoms with E-state index in [0.717, 1.165) is 44.9 Å². The fourth-order valence-corrected chi connectivity index (χ4v) is 4.64. The quantitative estimate of drug-likeness (QED) is 0.0817. The molecular formula is C32H58O4. The predicted molar refractivity (Wildman–Crippen MR) is 154 cm³/mol. The standard InChI is InChI=1S/C32H58O4/c1-2-3-4-15-20-25-30(27-22-17-14-19-24-29-32(35)36)26-21-16-12-10-8-6-5-7-9-11-13-18-23-28-31(33)34/h5-6,25H,2-4,7-24,26-29H2,1H3,(H,33,34)(H,35,36)/b6-5-,30-25-. The maximum Gasteiger partial charge on any atom is 0.303 e. The van der Waals surface area contributed by atoms with Crippen molar-refractivity contribution in [3.63, 3.8) is 0 Å². The Bertz CT molecular complexity index is 565. The maximum atomic E-state index is 10.6. The summed E-state index contributed by atoms with van der Waals surface area (Å²) < 4.78 is 0. The van der Waals surface area contributed by atoms with Gasteiger partial charge in [0.05, 0.1) is 0 Å². The molecule has 210 valence electrons. The summed E-state index contributed by atoms with van der Waals surface area (Å²) in [6.07, 6.45) is 35.5. The highest BCUT2D eigenvalue weighted by molar-refractivity contribution is 5.66. The summed E-state index contributed by atoms with van der Waals surface area (Å²) in [4.78, 5) is 21.1. The molecule has 0 heterocycles. The van der Waals surface area contributed by atoms with Crippen LogP contribution in [0.25, 0.3) is 0 Å². The van der Waals surface area contributed by atoms with Crippen molar-refractivity contribution in [3.05, 3.63) is 23.8 Å². The van der Waals surface area contributed by atoms with Crippen LogP contribution in [-0.2, 0) is 9.59 Å². The zero-order valence-corrected chi connectivity index (χ0v) is 23.6. The lowest BCUT2D eigenvalue weighted by atomic mass is 9.98. The summed E-state index contributed by atoms with van der Waals surface area (Å²) in [6.45, 7) is 2.27.